The summed E-state index contributed by atoms with van der Waals surface area (Å²) >= 11 is 0. The molecule has 0 fully saturated rings. The third-order valence-electron chi connectivity index (χ3n) is 2.97. The van der Waals surface area contributed by atoms with Crippen LogP contribution < -0.4 is 10.6 Å². The molecule has 0 unspecified atom stereocenters. The van der Waals surface area contributed by atoms with E-state index in [1.165, 1.54) is 0 Å². The number of hydrogen-bond acceptors (Lipinski definition) is 4. The van der Waals surface area contributed by atoms with Crippen molar-refractivity contribution in [1.82, 2.24) is 15.5 Å². The molecule has 0 atom stereocenters. The molecule has 2 N–H and O–H groups in total. The van der Waals surface area contributed by atoms with E-state index in [0.29, 0.717) is 0 Å². The maximum Gasteiger partial charge on any atom is 0.147 e. The van der Waals surface area contributed by atoms with Gasteiger partial charge in [-0.3, -0.25) is 4.79 Å². The lowest BCUT2D eigenvalue weighted by molar-refractivity contribution is -0.105. The summed E-state index contributed by atoms with van der Waals surface area (Å²) in [5.41, 5.74) is 2.04. The van der Waals surface area contributed by atoms with Crippen molar-refractivity contribution in [3.8, 4) is 0 Å². The third-order valence-corrected chi connectivity index (χ3v) is 2.97. The topological polar surface area (TPSA) is 44.4 Å². The molecular formula is C14H29N3O. The van der Waals surface area contributed by atoms with E-state index in [1.54, 1.807) is 0 Å². The molecule has 0 amide bonds. The van der Waals surface area contributed by atoms with Gasteiger partial charge in [0.05, 0.1) is 0 Å². The van der Waals surface area contributed by atoms with Gasteiger partial charge in [0.2, 0.25) is 0 Å². The van der Waals surface area contributed by atoms with Crippen LogP contribution in [0.3, 0.4) is 0 Å². The highest BCUT2D eigenvalue weighted by molar-refractivity contribution is 5.74. The SMILES string of the molecule is CNCC(C)(C)C/C(C=O)=C(\CCN(C)C)NC. The largest absolute Gasteiger partial charge is 0.391 e. The van der Waals surface area contributed by atoms with Crippen LogP contribution in [-0.2, 0) is 4.79 Å². The van der Waals surface area contributed by atoms with E-state index in [9.17, 15) is 4.79 Å². The maximum atomic E-state index is 11.3. The minimum Gasteiger partial charge on any atom is -0.391 e. The van der Waals surface area contributed by atoms with Gasteiger partial charge in [-0.25, -0.2) is 0 Å². The molecule has 0 heterocycles. The van der Waals surface area contributed by atoms with Crippen molar-refractivity contribution < 1.29 is 4.79 Å². The summed E-state index contributed by atoms with van der Waals surface area (Å²) in [5, 5.41) is 6.35. The highest BCUT2D eigenvalue weighted by atomic mass is 16.1. The van der Waals surface area contributed by atoms with Crippen molar-refractivity contribution in [2.24, 2.45) is 5.41 Å². The molecule has 0 saturated carbocycles. The molecule has 0 aliphatic heterocycles. The lowest BCUT2D eigenvalue weighted by Crippen LogP contribution is -2.28. The Morgan fingerprint density at radius 1 is 1.28 bits per heavy atom. The number of aldehydes is 1. The number of rotatable bonds is 9. The quantitative estimate of drug-likeness (QED) is 0.481. The molecule has 106 valence electrons. The van der Waals surface area contributed by atoms with E-state index in [0.717, 1.165) is 43.5 Å². The molecule has 4 nitrogen and oxygen atoms in total. The van der Waals surface area contributed by atoms with Crippen molar-refractivity contribution in [3.63, 3.8) is 0 Å². The molecule has 0 aliphatic carbocycles. The van der Waals surface area contributed by atoms with Gasteiger partial charge in [0.15, 0.2) is 0 Å². The van der Waals surface area contributed by atoms with Crippen LogP contribution in [0.2, 0.25) is 0 Å². The Bertz CT molecular complexity index is 283. The van der Waals surface area contributed by atoms with E-state index in [-0.39, 0.29) is 5.41 Å². The van der Waals surface area contributed by atoms with Gasteiger partial charge in [-0.1, -0.05) is 13.8 Å². The monoisotopic (exact) mass is 255 g/mol. The summed E-state index contributed by atoms with van der Waals surface area (Å²) < 4.78 is 0. The van der Waals surface area contributed by atoms with Gasteiger partial charge < -0.3 is 15.5 Å². The Labute approximate surface area is 112 Å². The van der Waals surface area contributed by atoms with Crippen molar-refractivity contribution in [3.05, 3.63) is 11.3 Å². The lowest BCUT2D eigenvalue weighted by Gasteiger charge is -2.25. The first-order valence-electron chi connectivity index (χ1n) is 6.50. The smallest absolute Gasteiger partial charge is 0.147 e. The fraction of sp³-hybridized carbons (Fsp3) is 0.786. The Morgan fingerprint density at radius 3 is 2.28 bits per heavy atom. The second-order valence-electron chi connectivity index (χ2n) is 5.80. The zero-order valence-corrected chi connectivity index (χ0v) is 12.8. The van der Waals surface area contributed by atoms with Gasteiger partial charge in [-0.2, -0.15) is 0 Å². The number of nitrogens with zero attached hydrogens (tertiary/aromatic N) is 1. The molecule has 0 spiro atoms. The molecule has 4 heteroatoms. The Morgan fingerprint density at radius 2 is 1.89 bits per heavy atom. The Balaban J connectivity index is 4.81. The molecule has 0 aliphatic rings. The molecule has 18 heavy (non-hydrogen) atoms. The summed E-state index contributed by atoms with van der Waals surface area (Å²) in [7, 11) is 7.91. The van der Waals surface area contributed by atoms with E-state index in [1.807, 2.05) is 28.2 Å². The number of nitrogens with one attached hydrogen (secondary N) is 2. The van der Waals surface area contributed by atoms with Crippen LogP contribution in [0.4, 0.5) is 0 Å². The molecule has 0 aromatic heterocycles. The fourth-order valence-electron chi connectivity index (χ4n) is 2.06. The molecular weight excluding hydrogens is 226 g/mol. The van der Waals surface area contributed by atoms with Gasteiger partial charge in [-0.15, -0.1) is 0 Å². The number of hydrogen-bond donors (Lipinski definition) is 2. The van der Waals surface area contributed by atoms with Gasteiger partial charge in [0, 0.05) is 37.8 Å². The summed E-state index contributed by atoms with van der Waals surface area (Å²) in [4.78, 5) is 13.4. The van der Waals surface area contributed by atoms with Crippen LogP contribution in [0.25, 0.3) is 0 Å². The van der Waals surface area contributed by atoms with Crippen LogP contribution >= 0.6 is 0 Å². The average Bonchev–Trinajstić information content (AvgIpc) is 2.27. The number of carbonyl (C=O) groups is 1. The second kappa shape index (κ2) is 8.27. The highest BCUT2D eigenvalue weighted by Gasteiger charge is 2.20. The minimum atomic E-state index is 0.0885. The van der Waals surface area contributed by atoms with Gasteiger partial charge >= 0.3 is 0 Å². The normalized spacial score (nSPS) is 13.5. The summed E-state index contributed by atoms with van der Waals surface area (Å²) in [5.74, 6) is 0. The van der Waals surface area contributed by atoms with Crippen LogP contribution in [0.1, 0.15) is 26.7 Å². The molecule has 0 radical (unpaired) electrons. The van der Waals surface area contributed by atoms with E-state index < -0.39 is 0 Å². The first kappa shape index (κ1) is 17.1. The summed E-state index contributed by atoms with van der Waals surface area (Å²) in [6.07, 6.45) is 2.67. The van der Waals surface area contributed by atoms with E-state index >= 15 is 0 Å². The van der Waals surface area contributed by atoms with Crippen LogP contribution in [0, 0.1) is 5.41 Å². The predicted octanol–water partition coefficient (Wildman–Crippen LogP) is 1.25. The second-order valence-corrected chi connectivity index (χ2v) is 5.80. The first-order valence-corrected chi connectivity index (χ1v) is 6.50. The van der Waals surface area contributed by atoms with E-state index in [2.05, 4.69) is 29.4 Å². The predicted molar refractivity (Wildman–Crippen MR) is 77.6 cm³/mol. The zero-order valence-electron chi connectivity index (χ0n) is 12.8. The van der Waals surface area contributed by atoms with Crippen LogP contribution in [0.5, 0.6) is 0 Å². The third kappa shape index (κ3) is 6.77. The molecule has 0 rings (SSSR count). The number of allylic oxidation sites excluding steroid dienone is 1. The highest BCUT2D eigenvalue weighted by Crippen LogP contribution is 2.25. The fourth-order valence-corrected chi connectivity index (χ4v) is 2.06. The Kier molecular flexibility index (Phi) is 7.87. The maximum absolute atomic E-state index is 11.3. The standard InChI is InChI=1S/C14H29N3O/c1-14(2,11-15-3)9-12(10-18)13(16-4)7-8-17(5)6/h10,15-16H,7-9,11H2,1-6H3/b13-12-. The number of carbonyl (C=O) groups excluding carboxylic acids is 1. The molecule has 0 bridgehead atoms. The van der Waals surface area contributed by atoms with Gasteiger partial charge in [0.25, 0.3) is 0 Å². The van der Waals surface area contributed by atoms with E-state index in [4.69, 9.17) is 0 Å². The van der Waals surface area contributed by atoms with Gasteiger partial charge in [0.1, 0.15) is 6.29 Å². The molecule has 0 saturated heterocycles. The van der Waals surface area contributed by atoms with Crippen LogP contribution in [0.15, 0.2) is 11.3 Å². The lowest BCUT2D eigenvalue weighted by atomic mass is 9.85. The molecule has 0 aromatic rings. The minimum absolute atomic E-state index is 0.0885. The zero-order chi connectivity index (χ0) is 14.2. The van der Waals surface area contributed by atoms with Gasteiger partial charge in [-0.05, 0) is 33.0 Å². The summed E-state index contributed by atoms with van der Waals surface area (Å²) in [6.45, 7) is 6.19. The Hall–Kier alpha value is -0.870. The average molecular weight is 255 g/mol. The van der Waals surface area contributed by atoms with Crippen molar-refractivity contribution in [1.29, 1.82) is 0 Å². The summed E-state index contributed by atoms with van der Waals surface area (Å²) in [6, 6.07) is 0. The van der Waals surface area contributed by atoms with Crippen molar-refractivity contribution >= 4 is 6.29 Å². The van der Waals surface area contributed by atoms with Crippen molar-refractivity contribution in [2.45, 2.75) is 26.7 Å². The van der Waals surface area contributed by atoms with Crippen molar-refractivity contribution in [2.75, 3.05) is 41.3 Å². The van der Waals surface area contributed by atoms with Crippen LogP contribution in [-0.4, -0.2) is 52.5 Å². The molecule has 0 aromatic carbocycles. The first-order chi connectivity index (χ1) is 8.36.